The highest BCUT2D eigenvalue weighted by molar-refractivity contribution is 7.17. The molecule has 0 atom stereocenters. The van der Waals surface area contributed by atoms with Gasteiger partial charge in [-0.2, -0.15) is 0 Å². The number of carbonyl (C=O) groups is 1. The van der Waals surface area contributed by atoms with E-state index in [0.717, 1.165) is 18.8 Å². The number of amides is 1. The predicted octanol–water partition coefficient (Wildman–Crippen LogP) is 1.98. The minimum absolute atomic E-state index is 0.0119. The van der Waals surface area contributed by atoms with Gasteiger partial charge >= 0.3 is 0 Å². The fraction of sp³-hybridized carbons (Fsp3) is 0.412. The summed E-state index contributed by atoms with van der Waals surface area (Å²) in [6, 6.07) is 1.80. The average molecular weight is 359 g/mol. The molecule has 8 heteroatoms. The van der Waals surface area contributed by atoms with E-state index in [4.69, 9.17) is 0 Å². The van der Waals surface area contributed by atoms with Crippen LogP contribution in [0.3, 0.4) is 0 Å². The summed E-state index contributed by atoms with van der Waals surface area (Å²) in [6.07, 6.45) is 5.99. The molecule has 7 nitrogen and oxygen atoms in total. The van der Waals surface area contributed by atoms with Gasteiger partial charge in [0.05, 0.1) is 11.8 Å². The van der Waals surface area contributed by atoms with Crippen LogP contribution in [0, 0.1) is 0 Å². The highest BCUT2D eigenvalue weighted by atomic mass is 32.1. The largest absolute Gasteiger partial charge is 0.354 e. The second-order valence-electron chi connectivity index (χ2n) is 6.15. The second kappa shape index (κ2) is 7.60. The molecule has 0 spiro atoms. The van der Waals surface area contributed by atoms with Gasteiger partial charge in [0.2, 0.25) is 5.91 Å². The van der Waals surface area contributed by atoms with Crippen molar-refractivity contribution in [1.82, 2.24) is 24.4 Å². The molecule has 0 bridgehead atoms. The van der Waals surface area contributed by atoms with Crippen LogP contribution in [0.15, 0.2) is 35.0 Å². The number of aromatic nitrogens is 4. The van der Waals surface area contributed by atoms with Gasteiger partial charge in [-0.25, -0.2) is 9.97 Å². The topological polar surface area (TPSA) is 81.8 Å². The number of rotatable bonds is 7. The van der Waals surface area contributed by atoms with Crippen molar-refractivity contribution in [3.8, 4) is 0 Å². The first-order valence-electron chi connectivity index (χ1n) is 8.26. The minimum Gasteiger partial charge on any atom is -0.354 e. The molecule has 0 saturated heterocycles. The first-order chi connectivity index (χ1) is 12.1. The Morgan fingerprint density at radius 3 is 2.96 bits per heavy atom. The van der Waals surface area contributed by atoms with Gasteiger partial charge in [-0.3, -0.25) is 14.2 Å². The van der Waals surface area contributed by atoms with Gasteiger partial charge in [-0.15, -0.1) is 11.3 Å². The number of hydrogen-bond acceptors (Lipinski definition) is 5. The lowest BCUT2D eigenvalue weighted by Crippen LogP contribution is -2.33. The van der Waals surface area contributed by atoms with Crippen molar-refractivity contribution in [2.24, 2.45) is 0 Å². The van der Waals surface area contributed by atoms with Crippen molar-refractivity contribution >= 4 is 27.5 Å². The SMILES string of the molecule is CC(C)c1nccn1CCCNC(=O)Cn1cnc2ccsc2c1=O. The van der Waals surface area contributed by atoms with Gasteiger partial charge in [-0.1, -0.05) is 13.8 Å². The zero-order chi connectivity index (χ0) is 17.8. The smallest absolute Gasteiger partial charge is 0.271 e. The van der Waals surface area contributed by atoms with Crippen LogP contribution in [0.2, 0.25) is 0 Å². The van der Waals surface area contributed by atoms with Gasteiger partial charge in [0.1, 0.15) is 17.1 Å². The number of fused-ring (bicyclic) bond motifs is 1. The van der Waals surface area contributed by atoms with Gasteiger partial charge in [0.25, 0.3) is 5.56 Å². The quantitative estimate of drug-likeness (QED) is 0.654. The Bertz CT molecular complexity index is 924. The van der Waals surface area contributed by atoms with Crippen LogP contribution in [0.4, 0.5) is 0 Å². The zero-order valence-corrected chi connectivity index (χ0v) is 15.1. The molecule has 1 N–H and O–H groups in total. The highest BCUT2D eigenvalue weighted by Gasteiger charge is 2.09. The molecule has 3 rings (SSSR count). The number of imidazole rings is 1. The predicted molar refractivity (Wildman–Crippen MR) is 97.8 cm³/mol. The van der Waals surface area contributed by atoms with Crippen LogP contribution in [0.25, 0.3) is 10.2 Å². The number of nitrogens with zero attached hydrogens (tertiary/aromatic N) is 4. The molecule has 25 heavy (non-hydrogen) atoms. The van der Waals surface area contributed by atoms with Gasteiger partial charge in [0.15, 0.2) is 0 Å². The maximum Gasteiger partial charge on any atom is 0.271 e. The fourth-order valence-electron chi connectivity index (χ4n) is 2.69. The third kappa shape index (κ3) is 3.96. The summed E-state index contributed by atoms with van der Waals surface area (Å²) in [5, 5.41) is 4.68. The zero-order valence-electron chi connectivity index (χ0n) is 14.3. The van der Waals surface area contributed by atoms with Gasteiger partial charge in [-0.05, 0) is 17.9 Å². The lowest BCUT2D eigenvalue weighted by Gasteiger charge is -2.11. The lowest BCUT2D eigenvalue weighted by molar-refractivity contribution is -0.121. The monoisotopic (exact) mass is 359 g/mol. The molecule has 3 aromatic heterocycles. The molecule has 0 saturated carbocycles. The summed E-state index contributed by atoms with van der Waals surface area (Å²) >= 11 is 1.34. The maximum atomic E-state index is 12.3. The van der Waals surface area contributed by atoms with Gasteiger partial charge in [0, 0.05) is 31.4 Å². The number of aryl methyl sites for hydroxylation is 1. The van der Waals surface area contributed by atoms with E-state index < -0.39 is 0 Å². The van der Waals surface area contributed by atoms with Crippen LogP contribution in [-0.2, 0) is 17.9 Å². The van der Waals surface area contributed by atoms with Crippen LogP contribution < -0.4 is 10.9 Å². The van der Waals surface area contributed by atoms with E-state index in [1.54, 1.807) is 12.3 Å². The van der Waals surface area contributed by atoms with E-state index >= 15 is 0 Å². The number of carbonyl (C=O) groups excluding carboxylic acids is 1. The number of thiophene rings is 1. The van der Waals surface area contributed by atoms with E-state index in [-0.39, 0.29) is 18.0 Å². The molecule has 0 radical (unpaired) electrons. The summed E-state index contributed by atoms with van der Waals surface area (Å²) < 4.78 is 4.04. The first-order valence-corrected chi connectivity index (χ1v) is 9.14. The number of nitrogens with one attached hydrogen (secondary N) is 1. The molecule has 0 aliphatic rings. The summed E-state index contributed by atoms with van der Waals surface area (Å²) in [7, 11) is 0. The summed E-state index contributed by atoms with van der Waals surface area (Å²) in [4.78, 5) is 32.9. The van der Waals surface area contributed by atoms with Gasteiger partial charge < -0.3 is 9.88 Å². The Morgan fingerprint density at radius 1 is 1.32 bits per heavy atom. The molecule has 0 aliphatic heterocycles. The summed E-state index contributed by atoms with van der Waals surface area (Å²) in [6.45, 7) is 5.56. The summed E-state index contributed by atoms with van der Waals surface area (Å²) in [5.74, 6) is 1.24. The highest BCUT2D eigenvalue weighted by Crippen LogP contribution is 2.13. The molecule has 3 heterocycles. The number of hydrogen-bond donors (Lipinski definition) is 1. The minimum atomic E-state index is -0.186. The third-order valence-corrected chi connectivity index (χ3v) is 4.80. The van der Waals surface area contributed by atoms with Crippen molar-refractivity contribution in [3.05, 3.63) is 46.3 Å². The maximum absolute atomic E-state index is 12.3. The third-order valence-electron chi connectivity index (χ3n) is 3.91. The van der Waals surface area contributed by atoms with Crippen molar-refractivity contribution in [2.75, 3.05) is 6.54 Å². The molecule has 0 aliphatic carbocycles. The molecule has 0 unspecified atom stereocenters. The van der Waals surface area contributed by atoms with Crippen LogP contribution in [0.5, 0.6) is 0 Å². The Kier molecular flexibility index (Phi) is 5.28. The molecule has 0 aromatic carbocycles. The molecule has 0 fully saturated rings. The first kappa shape index (κ1) is 17.3. The Morgan fingerprint density at radius 2 is 2.16 bits per heavy atom. The van der Waals surface area contributed by atoms with Crippen molar-refractivity contribution in [3.63, 3.8) is 0 Å². The second-order valence-corrected chi connectivity index (χ2v) is 7.07. The van der Waals surface area contributed by atoms with Crippen LogP contribution in [-0.4, -0.2) is 31.6 Å². The van der Waals surface area contributed by atoms with Crippen molar-refractivity contribution in [2.45, 2.75) is 39.3 Å². The average Bonchev–Trinajstić information content (AvgIpc) is 3.23. The molecule has 132 valence electrons. The Labute approximate surface area is 149 Å². The van der Waals surface area contributed by atoms with Crippen molar-refractivity contribution < 1.29 is 4.79 Å². The fourth-order valence-corrected chi connectivity index (χ4v) is 3.48. The normalized spacial score (nSPS) is 11.3. The molecule has 3 aromatic rings. The van der Waals surface area contributed by atoms with E-state index in [1.807, 2.05) is 11.6 Å². The van der Waals surface area contributed by atoms with Crippen LogP contribution >= 0.6 is 11.3 Å². The standard InChI is InChI=1S/C17H21N5O2S/c1-12(2)16-19-6-8-21(16)7-3-5-18-14(23)10-22-11-20-13-4-9-25-15(13)17(22)24/h4,6,8-9,11-12H,3,5,7,10H2,1-2H3,(H,18,23). The molecular weight excluding hydrogens is 338 g/mol. The molecular formula is C17H21N5O2S. The Hall–Kier alpha value is -2.48. The van der Waals surface area contributed by atoms with E-state index in [2.05, 4.69) is 33.7 Å². The van der Waals surface area contributed by atoms with E-state index in [1.165, 1.54) is 22.2 Å². The lowest BCUT2D eigenvalue weighted by atomic mass is 10.2. The van der Waals surface area contributed by atoms with E-state index in [0.29, 0.717) is 22.7 Å². The van der Waals surface area contributed by atoms with Crippen molar-refractivity contribution in [1.29, 1.82) is 0 Å². The Balaban J connectivity index is 1.50. The summed E-state index contributed by atoms with van der Waals surface area (Å²) in [5.41, 5.74) is 0.503. The van der Waals surface area contributed by atoms with Crippen LogP contribution in [0.1, 0.15) is 32.0 Å². The molecule has 1 amide bonds. The van der Waals surface area contributed by atoms with E-state index in [9.17, 15) is 9.59 Å².